The maximum absolute atomic E-state index is 12.6. The molecule has 2 saturated heterocycles. The summed E-state index contributed by atoms with van der Waals surface area (Å²) in [4.78, 5) is 30.8. The number of likely N-dealkylation sites (tertiary alicyclic amines) is 1. The third-order valence-electron chi connectivity index (χ3n) is 5.20. The second-order valence-electron chi connectivity index (χ2n) is 7.08. The Kier molecular flexibility index (Phi) is 5.71. The summed E-state index contributed by atoms with van der Waals surface area (Å²) in [6.07, 6.45) is 2.23. The van der Waals surface area contributed by atoms with E-state index in [4.69, 9.17) is 5.73 Å². The van der Waals surface area contributed by atoms with Gasteiger partial charge < -0.3 is 15.5 Å². The quantitative estimate of drug-likeness (QED) is 0.876. The van der Waals surface area contributed by atoms with E-state index in [2.05, 4.69) is 4.90 Å². The molecule has 2 aliphatic rings. The highest BCUT2D eigenvalue weighted by Crippen LogP contribution is 2.16. The Balaban J connectivity index is 1.48. The van der Waals surface area contributed by atoms with Crippen LogP contribution in [0.5, 0.6) is 0 Å². The van der Waals surface area contributed by atoms with Gasteiger partial charge in [0.2, 0.25) is 11.8 Å². The van der Waals surface area contributed by atoms with Crippen molar-refractivity contribution in [3.8, 4) is 0 Å². The lowest BCUT2D eigenvalue weighted by atomic mass is 10.0. The van der Waals surface area contributed by atoms with E-state index in [0.717, 1.165) is 50.1 Å². The minimum Gasteiger partial charge on any atom is -0.342 e. The molecule has 6 nitrogen and oxygen atoms in total. The average molecular weight is 344 g/mol. The molecule has 0 radical (unpaired) electrons. The number of aryl methyl sites for hydroxylation is 1. The summed E-state index contributed by atoms with van der Waals surface area (Å²) in [5.74, 6) is 0.183. The molecule has 1 aromatic rings. The van der Waals surface area contributed by atoms with Crippen LogP contribution in [0.4, 0.5) is 0 Å². The number of benzene rings is 1. The largest absolute Gasteiger partial charge is 0.342 e. The molecule has 2 heterocycles. The normalized spacial score (nSPS) is 19.9. The molecule has 2 aliphatic heterocycles. The molecular weight excluding hydrogens is 316 g/mol. The number of hydrogen-bond donors (Lipinski definition) is 1. The number of nitrogens with two attached hydrogens (primary N) is 1. The molecule has 1 atom stereocenters. The molecule has 0 bridgehead atoms. The minimum atomic E-state index is -0.613. The first-order chi connectivity index (χ1) is 12.0. The van der Waals surface area contributed by atoms with Gasteiger partial charge in [0.05, 0.1) is 6.54 Å². The van der Waals surface area contributed by atoms with E-state index < -0.39 is 6.04 Å². The van der Waals surface area contributed by atoms with Gasteiger partial charge in [-0.25, -0.2) is 0 Å². The summed E-state index contributed by atoms with van der Waals surface area (Å²) >= 11 is 0. The highest BCUT2D eigenvalue weighted by molar-refractivity contribution is 5.83. The molecule has 2 fully saturated rings. The third kappa shape index (κ3) is 4.38. The van der Waals surface area contributed by atoms with Crippen molar-refractivity contribution in [2.75, 3.05) is 45.8 Å². The van der Waals surface area contributed by atoms with Crippen LogP contribution in [0.3, 0.4) is 0 Å². The number of amides is 2. The molecule has 2 amide bonds. The molecule has 2 N–H and O–H groups in total. The van der Waals surface area contributed by atoms with Crippen LogP contribution in [0.25, 0.3) is 0 Å². The average Bonchev–Trinajstić information content (AvgIpc) is 3.17. The van der Waals surface area contributed by atoms with Gasteiger partial charge in [-0.05, 0) is 25.3 Å². The van der Waals surface area contributed by atoms with Gasteiger partial charge in [-0.2, -0.15) is 0 Å². The Morgan fingerprint density at radius 2 is 1.56 bits per heavy atom. The molecular formula is C19H28N4O2. The topological polar surface area (TPSA) is 69.9 Å². The van der Waals surface area contributed by atoms with E-state index in [9.17, 15) is 9.59 Å². The minimum absolute atomic E-state index is 0.0330. The molecule has 1 unspecified atom stereocenters. The van der Waals surface area contributed by atoms with Crippen LogP contribution in [0, 0.1) is 6.92 Å². The number of piperazine rings is 1. The van der Waals surface area contributed by atoms with Gasteiger partial charge in [-0.1, -0.05) is 29.8 Å². The molecule has 25 heavy (non-hydrogen) atoms. The van der Waals surface area contributed by atoms with Crippen LogP contribution in [0.15, 0.2) is 24.3 Å². The standard InChI is InChI=1S/C19H28N4O2/c1-15-4-6-16(7-5-15)18(20)19(25)23-12-10-21(11-13-23)14-17(24)22-8-2-3-9-22/h4-7,18H,2-3,8-14,20H2,1H3. The lowest BCUT2D eigenvalue weighted by Crippen LogP contribution is -2.53. The maximum atomic E-state index is 12.6. The summed E-state index contributed by atoms with van der Waals surface area (Å²) in [7, 11) is 0. The summed E-state index contributed by atoms with van der Waals surface area (Å²) < 4.78 is 0. The first-order valence-corrected chi connectivity index (χ1v) is 9.15. The number of nitrogens with zero attached hydrogens (tertiary/aromatic N) is 3. The number of hydrogen-bond acceptors (Lipinski definition) is 4. The van der Waals surface area contributed by atoms with Crippen molar-refractivity contribution in [1.29, 1.82) is 0 Å². The number of rotatable bonds is 4. The first-order valence-electron chi connectivity index (χ1n) is 9.15. The van der Waals surface area contributed by atoms with Crippen molar-refractivity contribution >= 4 is 11.8 Å². The molecule has 136 valence electrons. The van der Waals surface area contributed by atoms with Crippen molar-refractivity contribution < 1.29 is 9.59 Å². The van der Waals surface area contributed by atoms with E-state index >= 15 is 0 Å². The van der Waals surface area contributed by atoms with Crippen LogP contribution in [0.2, 0.25) is 0 Å². The smallest absolute Gasteiger partial charge is 0.244 e. The molecule has 0 spiro atoms. The molecule has 3 rings (SSSR count). The first kappa shape index (κ1) is 17.9. The number of carbonyl (C=O) groups is 2. The highest BCUT2D eigenvalue weighted by Gasteiger charge is 2.28. The van der Waals surface area contributed by atoms with Crippen molar-refractivity contribution in [3.05, 3.63) is 35.4 Å². The molecule has 0 aromatic heterocycles. The fourth-order valence-electron chi connectivity index (χ4n) is 3.50. The zero-order valence-corrected chi connectivity index (χ0v) is 15.0. The maximum Gasteiger partial charge on any atom is 0.244 e. The fourth-order valence-corrected chi connectivity index (χ4v) is 3.50. The zero-order valence-electron chi connectivity index (χ0n) is 15.0. The lowest BCUT2D eigenvalue weighted by Gasteiger charge is -2.36. The molecule has 1 aromatic carbocycles. The van der Waals surface area contributed by atoms with Crippen LogP contribution in [-0.4, -0.2) is 72.3 Å². The summed E-state index contributed by atoms with van der Waals surface area (Å²) in [6.45, 7) is 6.98. The van der Waals surface area contributed by atoms with Crippen LogP contribution >= 0.6 is 0 Å². The summed E-state index contributed by atoms with van der Waals surface area (Å²) in [5.41, 5.74) is 8.15. The van der Waals surface area contributed by atoms with Gasteiger partial charge in [0.15, 0.2) is 0 Å². The predicted octanol–water partition coefficient (Wildman–Crippen LogP) is 0.761. The van der Waals surface area contributed by atoms with Gasteiger partial charge in [-0.3, -0.25) is 14.5 Å². The van der Waals surface area contributed by atoms with E-state index in [1.165, 1.54) is 0 Å². The van der Waals surface area contributed by atoms with Gasteiger partial charge >= 0.3 is 0 Å². The monoisotopic (exact) mass is 344 g/mol. The SMILES string of the molecule is Cc1ccc(C(N)C(=O)N2CCN(CC(=O)N3CCCC3)CC2)cc1. The summed E-state index contributed by atoms with van der Waals surface area (Å²) in [6, 6.07) is 7.18. The number of carbonyl (C=O) groups excluding carboxylic acids is 2. The Bertz CT molecular complexity index is 602. The second kappa shape index (κ2) is 7.97. The third-order valence-corrected chi connectivity index (χ3v) is 5.20. The Morgan fingerprint density at radius 3 is 2.16 bits per heavy atom. The highest BCUT2D eigenvalue weighted by atomic mass is 16.2. The Labute approximate surface area is 149 Å². The Morgan fingerprint density at radius 1 is 0.960 bits per heavy atom. The van der Waals surface area contributed by atoms with Crippen LogP contribution in [0.1, 0.15) is 30.0 Å². The van der Waals surface area contributed by atoms with E-state index in [1.54, 1.807) is 0 Å². The van der Waals surface area contributed by atoms with Crippen molar-refractivity contribution in [1.82, 2.24) is 14.7 Å². The lowest BCUT2D eigenvalue weighted by molar-refractivity contribution is -0.135. The Hall–Kier alpha value is -1.92. The van der Waals surface area contributed by atoms with E-state index in [-0.39, 0.29) is 11.8 Å². The second-order valence-corrected chi connectivity index (χ2v) is 7.08. The van der Waals surface area contributed by atoms with Crippen LogP contribution < -0.4 is 5.73 Å². The summed E-state index contributed by atoms with van der Waals surface area (Å²) in [5, 5.41) is 0. The molecule has 6 heteroatoms. The van der Waals surface area contributed by atoms with Crippen molar-refractivity contribution in [2.45, 2.75) is 25.8 Å². The molecule has 0 saturated carbocycles. The van der Waals surface area contributed by atoms with E-state index in [1.807, 2.05) is 41.0 Å². The molecule has 0 aliphatic carbocycles. The van der Waals surface area contributed by atoms with Gasteiger partial charge in [-0.15, -0.1) is 0 Å². The van der Waals surface area contributed by atoms with E-state index in [0.29, 0.717) is 19.6 Å². The zero-order chi connectivity index (χ0) is 17.8. The van der Waals surface area contributed by atoms with Crippen LogP contribution in [-0.2, 0) is 9.59 Å². The van der Waals surface area contributed by atoms with Crippen molar-refractivity contribution in [3.63, 3.8) is 0 Å². The fraction of sp³-hybridized carbons (Fsp3) is 0.579. The predicted molar refractivity (Wildman–Crippen MR) is 96.9 cm³/mol. The van der Waals surface area contributed by atoms with Gasteiger partial charge in [0, 0.05) is 39.3 Å². The van der Waals surface area contributed by atoms with Gasteiger partial charge in [0.25, 0.3) is 0 Å². The van der Waals surface area contributed by atoms with Crippen molar-refractivity contribution in [2.24, 2.45) is 5.73 Å². The van der Waals surface area contributed by atoms with Gasteiger partial charge in [0.1, 0.15) is 6.04 Å².